The number of esters is 1. The van der Waals surface area contributed by atoms with E-state index in [0.717, 1.165) is 0 Å². The molecule has 0 saturated carbocycles. The molecule has 0 unspecified atom stereocenters. The molecular formula is C11H17NO6. The summed E-state index contributed by atoms with van der Waals surface area (Å²) in [5.41, 5.74) is 0. The summed E-state index contributed by atoms with van der Waals surface area (Å²) >= 11 is 0. The van der Waals surface area contributed by atoms with Gasteiger partial charge in [-0.15, -0.1) is 0 Å². The van der Waals surface area contributed by atoms with Crippen molar-refractivity contribution in [1.29, 1.82) is 0 Å². The Morgan fingerprint density at radius 1 is 1.50 bits per heavy atom. The highest BCUT2D eigenvalue weighted by Crippen LogP contribution is 2.30. The summed E-state index contributed by atoms with van der Waals surface area (Å²) in [5, 5.41) is 12.5. The van der Waals surface area contributed by atoms with Crippen molar-refractivity contribution in [2.45, 2.75) is 50.9 Å². The number of fused-ring (bicyclic) bond motifs is 1. The first-order chi connectivity index (χ1) is 8.30. The van der Waals surface area contributed by atoms with Gasteiger partial charge in [0.2, 0.25) is 5.91 Å². The molecule has 2 aliphatic heterocycles. The van der Waals surface area contributed by atoms with Crippen molar-refractivity contribution in [1.82, 2.24) is 5.32 Å². The lowest BCUT2D eigenvalue weighted by atomic mass is 9.96. The third-order valence-electron chi connectivity index (χ3n) is 2.94. The van der Waals surface area contributed by atoms with E-state index in [9.17, 15) is 14.7 Å². The summed E-state index contributed by atoms with van der Waals surface area (Å²) < 4.78 is 16.0. The Morgan fingerprint density at radius 3 is 2.78 bits per heavy atom. The van der Waals surface area contributed by atoms with Crippen LogP contribution in [0.5, 0.6) is 0 Å². The van der Waals surface area contributed by atoms with Gasteiger partial charge in [0, 0.05) is 6.92 Å². The molecule has 1 amide bonds. The lowest BCUT2D eigenvalue weighted by Crippen LogP contribution is -2.66. The van der Waals surface area contributed by atoms with E-state index in [1.54, 1.807) is 13.8 Å². The second-order valence-corrected chi connectivity index (χ2v) is 4.94. The zero-order valence-electron chi connectivity index (χ0n) is 10.5. The zero-order chi connectivity index (χ0) is 13.5. The van der Waals surface area contributed by atoms with Gasteiger partial charge in [0.15, 0.2) is 17.9 Å². The fraction of sp³-hybridized carbons (Fsp3) is 0.818. The molecule has 2 fully saturated rings. The molecule has 0 aromatic rings. The Labute approximate surface area is 104 Å². The van der Waals surface area contributed by atoms with E-state index < -0.39 is 42.0 Å². The SMILES string of the molecule is CC(=O)N[C@H]1C(=O)O[C@@H]2COC(C)(C)O[C@H]2[C@@H]1O. The first-order valence-corrected chi connectivity index (χ1v) is 5.77. The molecule has 2 heterocycles. The van der Waals surface area contributed by atoms with Crippen LogP contribution in [-0.4, -0.2) is 53.7 Å². The Bertz CT molecular complexity index is 369. The number of hydrogen-bond donors (Lipinski definition) is 2. The summed E-state index contributed by atoms with van der Waals surface area (Å²) in [6, 6.07) is -1.10. The molecule has 0 aromatic carbocycles. The fourth-order valence-corrected chi connectivity index (χ4v) is 2.12. The quantitative estimate of drug-likeness (QED) is 0.582. The van der Waals surface area contributed by atoms with Crippen LogP contribution in [0.1, 0.15) is 20.8 Å². The summed E-state index contributed by atoms with van der Waals surface area (Å²) in [4.78, 5) is 22.6. The Balaban J connectivity index is 2.15. The second kappa shape index (κ2) is 4.49. The standard InChI is InChI=1S/C11H17NO6/c1-5(13)12-7-8(14)9-6(17-10(7)15)4-16-11(2,3)18-9/h6-9,14H,4H2,1-3H3,(H,12,13)/t6-,7-,8-,9-/m1/s1. The van der Waals surface area contributed by atoms with Gasteiger partial charge in [-0.2, -0.15) is 0 Å². The van der Waals surface area contributed by atoms with Crippen LogP contribution in [0.3, 0.4) is 0 Å². The van der Waals surface area contributed by atoms with Crippen LogP contribution in [0.2, 0.25) is 0 Å². The minimum atomic E-state index is -1.15. The van der Waals surface area contributed by atoms with E-state index in [1.165, 1.54) is 6.92 Å². The van der Waals surface area contributed by atoms with Crippen molar-refractivity contribution in [2.75, 3.05) is 6.61 Å². The summed E-state index contributed by atoms with van der Waals surface area (Å²) in [6.45, 7) is 4.84. The van der Waals surface area contributed by atoms with Crippen LogP contribution < -0.4 is 5.32 Å². The predicted molar refractivity (Wildman–Crippen MR) is 58.4 cm³/mol. The van der Waals surface area contributed by atoms with Crippen LogP contribution in [0.15, 0.2) is 0 Å². The number of ether oxygens (including phenoxy) is 3. The van der Waals surface area contributed by atoms with Gasteiger partial charge in [0.25, 0.3) is 0 Å². The molecule has 102 valence electrons. The van der Waals surface area contributed by atoms with Gasteiger partial charge in [-0.1, -0.05) is 0 Å². The third kappa shape index (κ3) is 2.47. The van der Waals surface area contributed by atoms with Crippen molar-refractivity contribution < 1.29 is 28.9 Å². The van der Waals surface area contributed by atoms with Crippen molar-refractivity contribution in [2.24, 2.45) is 0 Å². The largest absolute Gasteiger partial charge is 0.455 e. The Hall–Kier alpha value is -1.18. The minimum Gasteiger partial charge on any atom is -0.455 e. The number of aliphatic hydroxyl groups is 1. The first-order valence-electron chi connectivity index (χ1n) is 5.77. The molecule has 0 aliphatic carbocycles. The molecule has 2 rings (SSSR count). The molecule has 7 heteroatoms. The number of amides is 1. The van der Waals surface area contributed by atoms with Gasteiger partial charge in [0.1, 0.15) is 12.2 Å². The molecular weight excluding hydrogens is 242 g/mol. The van der Waals surface area contributed by atoms with Crippen molar-refractivity contribution in [3.8, 4) is 0 Å². The van der Waals surface area contributed by atoms with Gasteiger partial charge in [-0.25, -0.2) is 4.79 Å². The number of nitrogens with one attached hydrogen (secondary N) is 1. The van der Waals surface area contributed by atoms with E-state index in [0.29, 0.717) is 0 Å². The van der Waals surface area contributed by atoms with Crippen molar-refractivity contribution in [3.63, 3.8) is 0 Å². The molecule has 18 heavy (non-hydrogen) atoms. The van der Waals surface area contributed by atoms with E-state index in [1.807, 2.05) is 0 Å². The van der Waals surface area contributed by atoms with Gasteiger partial charge in [-0.05, 0) is 13.8 Å². The number of aliphatic hydroxyl groups excluding tert-OH is 1. The maximum Gasteiger partial charge on any atom is 0.331 e. The normalized spacial score (nSPS) is 38.6. The average Bonchev–Trinajstić information content (AvgIpc) is 2.25. The highest BCUT2D eigenvalue weighted by molar-refractivity contribution is 5.84. The second-order valence-electron chi connectivity index (χ2n) is 4.94. The maximum atomic E-state index is 11.6. The predicted octanol–water partition coefficient (Wildman–Crippen LogP) is -1.07. The van der Waals surface area contributed by atoms with Crippen LogP contribution in [0.25, 0.3) is 0 Å². The fourth-order valence-electron chi connectivity index (χ4n) is 2.12. The molecule has 0 spiro atoms. The smallest absolute Gasteiger partial charge is 0.331 e. The van der Waals surface area contributed by atoms with Gasteiger partial charge in [-0.3, -0.25) is 4.79 Å². The number of rotatable bonds is 1. The molecule has 2 N–H and O–H groups in total. The highest BCUT2D eigenvalue weighted by Gasteiger charge is 2.51. The summed E-state index contributed by atoms with van der Waals surface area (Å²) in [5.74, 6) is -1.95. The molecule has 0 radical (unpaired) electrons. The average molecular weight is 259 g/mol. The highest BCUT2D eigenvalue weighted by atomic mass is 16.7. The summed E-state index contributed by atoms with van der Waals surface area (Å²) in [6.07, 6.45) is -2.50. The molecule has 0 bridgehead atoms. The minimum absolute atomic E-state index is 0.160. The van der Waals surface area contributed by atoms with E-state index in [-0.39, 0.29) is 6.61 Å². The van der Waals surface area contributed by atoms with Crippen LogP contribution in [-0.2, 0) is 23.8 Å². The molecule has 2 saturated heterocycles. The number of carbonyl (C=O) groups is 2. The van der Waals surface area contributed by atoms with Crippen molar-refractivity contribution in [3.05, 3.63) is 0 Å². The third-order valence-corrected chi connectivity index (χ3v) is 2.94. The Kier molecular flexibility index (Phi) is 3.31. The summed E-state index contributed by atoms with van der Waals surface area (Å²) in [7, 11) is 0. The van der Waals surface area contributed by atoms with Gasteiger partial charge >= 0.3 is 5.97 Å². The topological polar surface area (TPSA) is 94.1 Å². The van der Waals surface area contributed by atoms with Crippen LogP contribution >= 0.6 is 0 Å². The van der Waals surface area contributed by atoms with Crippen LogP contribution in [0, 0.1) is 0 Å². The van der Waals surface area contributed by atoms with Crippen LogP contribution in [0.4, 0.5) is 0 Å². The van der Waals surface area contributed by atoms with Crippen molar-refractivity contribution >= 4 is 11.9 Å². The lowest BCUT2D eigenvalue weighted by Gasteiger charge is -2.46. The van der Waals surface area contributed by atoms with E-state index in [2.05, 4.69) is 5.32 Å². The molecule has 7 nitrogen and oxygen atoms in total. The monoisotopic (exact) mass is 259 g/mol. The number of hydrogen-bond acceptors (Lipinski definition) is 6. The number of carbonyl (C=O) groups excluding carboxylic acids is 2. The van der Waals surface area contributed by atoms with E-state index >= 15 is 0 Å². The Morgan fingerprint density at radius 2 is 2.17 bits per heavy atom. The van der Waals surface area contributed by atoms with Gasteiger partial charge < -0.3 is 24.6 Å². The molecule has 0 aromatic heterocycles. The first kappa shape index (κ1) is 13.3. The molecule has 4 atom stereocenters. The lowest BCUT2D eigenvalue weighted by molar-refractivity contribution is -0.330. The van der Waals surface area contributed by atoms with E-state index in [4.69, 9.17) is 14.2 Å². The molecule has 2 aliphatic rings. The maximum absolute atomic E-state index is 11.6. The zero-order valence-corrected chi connectivity index (χ0v) is 10.5. The van der Waals surface area contributed by atoms with Gasteiger partial charge in [0.05, 0.1) is 6.61 Å².